The molecule has 2 amide bonds. The number of benzene rings is 2. The molecule has 1 N–H and O–H groups in total. The first-order valence-corrected chi connectivity index (χ1v) is 22.4. The predicted molar refractivity (Wildman–Crippen MR) is 223 cm³/mol. The summed E-state index contributed by atoms with van der Waals surface area (Å²) in [5, 5.41) is 4.91. The molecule has 6 atom stereocenters. The second kappa shape index (κ2) is 16.2. The number of aryl methyl sites for hydroxylation is 2. The molecule has 1 saturated carbocycles. The van der Waals surface area contributed by atoms with Gasteiger partial charge in [0.15, 0.2) is 0 Å². The van der Waals surface area contributed by atoms with Crippen molar-refractivity contribution in [1.29, 1.82) is 0 Å². The lowest BCUT2D eigenvalue weighted by atomic mass is 9.63. The molecule has 3 aromatic rings. The zero-order chi connectivity index (χ0) is 40.8. The average Bonchev–Trinajstić information content (AvgIpc) is 3.49. The Morgan fingerprint density at radius 1 is 1.12 bits per heavy atom. The first-order valence-electron chi connectivity index (χ1n) is 20.3. The van der Waals surface area contributed by atoms with Crippen molar-refractivity contribution in [1.82, 2.24) is 19.4 Å². The van der Waals surface area contributed by atoms with Crippen molar-refractivity contribution >= 4 is 39.0 Å². The van der Waals surface area contributed by atoms with Crippen LogP contribution in [0.4, 0.5) is 5.69 Å². The van der Waals surface area contributed by atoms with Crippen LogP contribution in [0, 0.1) is 17.8 Å². The van der Waals surface area contributed by atoms with E-state index in [1.165, 1.54) is 29.1 Å². The summed E-state index contributed by atoms with van der Waals surface area (Å²) in [6.07, 6.45) is 11.5. The molecule has 2 aromatic carbocycles. The van der Waals surface area contributed by atoms with Crippen molar-refractivity contribution in [2.75, 3.05) is 71.3 Å². The highest BCUT2D eigenvalue weighted by Gasteiger charge is 2.50. The molecule has 15 heteroatoms. The molecule has 2 fully saturated rings. The average molecular weight is 835 g/mol. The van der Waals surface area contributed by atoms with Gasteiger partial charge in [0.25, 0.3) is 11.8 Å². The number of methoxy groups -OCH3 is 3. The summed E-state index contributed by atoms with van der Waals surface area (Å²) in [5.74, 6) is -0.373. The smallest absolute Gasteiger partial charge is 0.286 e. The van der Waals surface area contributed by atoms with E-state index in [2.05, 4.69) is 48.3 Å². The summed E-state index contributed by atoms with van der Waals surface area (Å²) in [6.45, 7) is 6.25. The number of ether oxygens (including phenoxy) is 4. The van der Waals surface area contributed by atoms with Crippen LogP contribution in [0.3, 0.4) is 0 Å². The number of amides is 2. The summed E-state index contributed by atoms with van der Waals surface area (Å²) in [7, 11) is 2.99. The second-order valence-electron chi connectivity index (χ2n) is 17.0. The molecule has 8 rings (SSSR count). The fraction of sp³-hybridized carbons (Fsp3) is 0.558. The minimum absolute atomic E-state index is 0.0583. The van der Waals surface area contributed by atoms with Crippen LogP contribution in [0.25, 0.3) is 0 Å². The Bertz CT molecular complexity index is 2220. The topological polar surface area (TPSA) is 137 Å². The van der Waals surface area contributed by atoms with Crippen molar-refractivity contribution in [3.8, 4) is 11.6 Å². The van der Waals surface area contributed by atoms with E-state index in [-0.39, 0.29) is 46.1 Å². The highest BCUT2D eigenvalue weighted by atomic mass is 35.5. The summed E-state index contributed by atoms with van der Waals surface area (Å²) in [4.78, 5) is 32.7. The SMILES string of the molecule is COc1nn(C)cc1C(=O)N[S@@]1(=O)=NC(=O)c2ccc3c(c2)N(C[C@@H]2CC[C@H]2[C@@](CN2CC(OC)C2)(OC)/C=C/C[C@H](C)C1)C[C@@]1(CCCc2cc(Cl)ccc21)CO3. The maximum atomic E-state index is 14.9. The first-order chi connectivity index (χ1) is 27.8. The highest BCUT2D eigenvalue weighted by Crippen LogP contribution is 2.49. The number of halogens is 1. The molecule has 2 bridgehead atoms. The van der Waals surface area contributed by atoms with Crippen molar-refractivity contribution in [2.24, 2.45) is 29.2 Å². The van der Waals surface area contributed by atoms with E-state index in [0.29, 0.717) is 31.2 Å². The van der Waals surface area contributed by atoms with Crippen LogP contribution in [0.5, 0.6) is 11.6 Å². The molecule has 1 saturated heterocycles. The number of fused-ring (bicyclic) bond motifs is 4. The molecular formula is C43H55ClN6O7S. The molecule has 2 aliphatic carbocycles. The number of nitrogens with one attached hydrogen (secondary N) is 1. The van der Waals surface area contributed by atoms with E-state index >= 15 is 0 Å². The van der Waals surface area contributed by atoms with Crippen LogP contribution in [-0.2, 0) is 38.3 Å². The minimum atomic E-state index is -3.65. The summed E-state index contributed by atoms with van der Waals surface area (Å²) < 4.78 is 47.6. The number of nitrogens with zero attached hydrogens (tertiary/aromatic N) is 5. The van der Waals surface area contributed by atoms with Crippen LogP contribution in [0.15, 0.2) is 59.1 Å². The van der Waals surface area contributed by atoms with Crippen LogP contribution in [-0.4, -0.2) is 109 Å². The summed E-state index contributed by atoms with van der Waals surface area (Å²) in [6, 6.07) is 11.6. The fourth-order valence-corrected chi connectivity index (χ4v) is 12.0. The maximum Gasteiger partial charge on any atom is 0.286 e. The maximum absolute atomic E-state index is 14.9. The Morgan fingerprint density at radius 2 is 1.95 bits per heavy atom. The van der Waals surface area contributed by atoms with Gasteiger partial charge >= 0.3 is 0 Å². The van der Waals surface area contributed by atoms with E-state index in [0.717, 1.165) is 69.0 Å². The van der Waals surface area contributed by atoms with Crippen molar-refractivity contribution < 1.29 is 32.7 Å². The van der Waals surface area contributed by atoms with Gasteiger partial charge in [-0.3, -0.25) is 23.9 Å². The van der Waals surface area contributed by atoms with Crippen LogP contribution < -0.4 is 19.1 Å². The Balaban J connectivity index is 1.22. The van der Waals surface area contributed by atoms with Crippen molar-refractivity contribution in [3.63, 3.8) is 0 Å². The van der Waals surface area contributed by atoms with Gasteiger partial charge in [-0.05, 0) is 97.7 Å². The Hall–Kier alpha value is -3.95. The molecule has 1 aromatic heterocycles. The van der Waals surface area contributed by atoms with Crippen LogP contribution in [0.2, 0.25) is 5.02 Å². The number of carbonyl (C=O) groups excluding carboxylic acids is 2. The van der Waals surface area contributed by atoms with Gasteiger partial charge in [0.05, 0.1) is 31.3 Å². The van der Waals surface area contributed by atoms with E-state index in [1.807, 2.05) is 32.2 Å². The van der Waals surface area contributed by atoms with Gasteiger partial charge in [-0.2, -0.15) is 0 Å². The molecule has 3 aliphatic heterocycles. The minimum Gasteiger partial charge on any atom is -0.490 e. The first kappa shape index (κ1) is 40.8. The van der Waals surface area contributed by atoms with Crippen LogP contribution in [0.1, 0.15) is 70.9 Å². The molecule has 58 heavy (non-hydrogen) atoms. The number of hydrogen-bond acceptors (Lipinski definition) is 10. The molecule has 1 spiro atoms. The number of allylic oxidation sites excluding steroid dienone is 1. The Labute approximate surface area is 346 Å². The lowest BCUT2D eigenvalue weighted by Crippen LogP contribution is -2.61. The Kier molecular flexibility index (Phi) is 11.4. The fourth-order valence-electron chi connectivity index (χ4n) is 9.91. The van der Waals surface area contributed by atoms with Gasteiger partial charge in [0.2, 0.25) is 5.88 Å². The largest absolute Gasteiger partial charge is 0.490 e. The van der Waals surface area contributed by atoms with Gasteiger partial charge in [-0.15, -0.1) is 9.46 Å². The van der Waals surface area contributed by atoms with Gasteiger partial charge in [0.1, 0.15) is 26.8 Å². The number of aromatic nitrogens is 2. The van der Waals surface area contributed by atoms with Gasteiger partial charge in [-0.25, -0.2) is 4.21 Å². The zero-order valence-corrected chi connectivity index (χ0v) is 35.7. The predicted octanol–water partition coefficient (Wildman–Crippen LogP) is 5.85. The standard InChI is InChI=1S/C43H55ClN6O7S/c1-28-8-6-17-43(56-5,26-49-21-33(22-49)54-3)36-13-10-31(36)20-50-25-42(16-7-9-29-18-32(44)12-14-35(29)42)27-57-38-15-11-30(19-37(38)50)39(51)46-58(53,24-28)47-40(52)34-23-48(2)45-41(34)55-4/h6,11-12,14-15,17-19,23,28,31,33,36H,7-10,13,16,20-22,24-27H2,1-5H3,(H,46,47,51,52,53)/b17-6+/t28-,31-,36+,42-,43+,58-/m0/s1. The molecule has 0 unspecified atom stereocenters. The summed E-state index contributed by atoms with van der Waals surface area (Å²) >= 11 is 6.52. The molecule has 5 aliphatic rings. The molecule has 4 heterocycles. The lowest BCUT2D eigenvalue weighted by molar-refractivity contribution is -0.120. The number of anilines is 1. The van der Waals surface area contributed by atoms with Gasteiger partial charge in [0, 0.05) is 76.2 Å². The van der Waals surface area contributed by atoms with Gasteiger partial charge < -0.3 is 23.8 Å². The third kappa shape index (κ3) is 7.90. The van der Waals surface area contributed by atoms with Crippen LogP contribution >= 0.6 is 11.6 Å². The monoisotopic (exact) mass is 834 g/mol. The molecule has 13 nitrogen and oxygen atoms in total. The molecular weight excluding hydrogens is 780 g/mol. The number of rotatable bonds is 7. The van der Waals surface area contributed by atoms with Gasteiger partial charge in [-0.1, -0.05) is 36.7 Å². The second-order valence-corrected chi connectivity index (χ2v) is 19.5. The molecule has 0 radical (unpaired) electrons. The third-order valence-electron chi connectivity index (χ3n) is 13.1. The zero-order valence-electron chi connectivity index (χ0n) is 34.1. The quantitative estimate of drug-likeness (QED) is 0.289. The van der Waals surface area contributed by atoms with E-state index in [1.54, 1.807) is 20.2 Å². The molecule has 312 valence electrons. The lowest BCUT2D eigenvalue weighted by Gasteiger charge is -2.53. The van der Waals surface area contributed by atoms with E-state index < -0.39 is 27.3 Å². The number of hydrogen-bond donors (Lipinski definition) is 1. The summed E-state index contributed by atoms with van der Waals surface area (Å²) in [5.41, 5.74) is 2.78. The number of carbonyl (C=O) groups is 2. The number of likely N-dealkylation sites (tertiary alicyclic amines) is 1. The van der Waals surface area contributed by atoms with Crippen molar-refractivity contribution in [2.45, 2.75) is 62.6 Å². The van der Waals surface area contributed by atoms with Crippen molar-refractivity contribution in [3.05, 3.63) is 82.0 Å². The van der Waals surface area contributed by atoms with E-state index in [9.17, 15) is 13.8 Å². The Morgan fingerprint density at radius 3 is 2.69 bits per heavy atom. The normalized spacial score (nSPS) is 30.8. The third-order valence-corrected chi connectivity index (χ3v) is 15.3. The highest BCUT2D eigenvalue weighted by molar-refractivity contribution is 7.92. The van der Waals surface area contributed by atoms with E-state index in [4.69, 9.17) is 30.5 Å².